The summed E-state index contributed by atoms with van der Waals surface area (Å²) in [6.45, 7) is 4.73. The number of nitrogens with zero attached hydrogens (tertiary/aromatic N) is 1. The molecule has 1 aliphatic heterocycles. The molecule has 0 atom stereocenters. The van der Waals surface area contributed by atoms with Gasteiger partial charge in [0.25, 0.3) is 5.91 Å². The molecule has 2 aromatic carbocycles. The summed E-state index contributed by atoms with van der Waals surface area (Å²) in [5, 5.41) is 5.00. The summed E-state index contributed by atoms with van der Waals surface area (Å²) < 4.78 is 38.1. The zero-order chi connectivity index (χ0) is 22.0. The number of ether oxygens (including phenoxy) is 2. The number of aromatic nitrogens is 1. The van der Waals surface area contributed by atoms with E-state index in [0.717, 1.165) is 5.56 Å². The lowest BCUT2D eigenvalue weighted by Crippen LogP contribution is -2.24. The largest absolute Gasteiger partial charge is 0.486 e. The minimum atomic E-state index is -3.66. The topological polar surface area (TPSA) is 107 Å². The van der Waals surface area contributed by atoms with E-state index in [0.29, 0.717) is 41.1 Å². The monoisotopic (exact) mass is 459 g/mol. The van der Waals surface area contributed by atoms with E-state index >= 15 is 0 Å². The van der Waals surface area contributed by atoms with E-state index in [-0.39, 0.29) is 17.0 Å². The molecule has 0 saturated carbocycles. The van der Waals surface area contributed by atoms with E-state index in [1.807, 2.05) is 23.6 Å². The zero-order valence-corrected chi connectivity index (χ0v) is 18.6. The smallest absolute Gasteiger partial charge is 0.257 e. The molecule has 0 aliphatic carbocycles. The third-order valence-corrected chi connectivity index (χ3v) is 6.96. The number of hydrogen-bond donors (Lipinski definition) is 2. The Bertz CT molecular complexity index is 1240. The molecule has 2 N–H and O–H groups in total. The van der Waals surface area contributed by atoms with E-state index in [9.17, 15) is 13.2 Å². The van der Waals surface area contributed by atoms with Crippen LogP contribution in [0.25, 0.3) is 11.3 Å². The highest BCUT2D eigenvalue weighted by Gasteiger charge is 2.19. The van der Waals surface area contributed by atoms with E-state index in [1.165, 1.54) is 23.5 Å². The van der Waals surface area contributed by atoms with Crippen molar-refractivity contribution in [3.63, 3.8) is 0 Å². The van der Waals surface area contributed by atoms with Gasteiger partial charge in [-0.15, -0.1) is 11.3 Å². The maximum Gasteiger partial charge on any atom is 0.257 e. The average Bonchev–Trinajstić information content (AvgIpc) is 3.22. The molecule has 0 saturated heterocycles. The zero-order valence-electron chi connectivity index (χ0n) is 17.0. The second-order valence-corrected chi connectivity index (χ2v) is 9.45. The Kier molecular flexibility index (Phi) is 5.94. The minimum Gasteiger partial charge on any atom is -0.486 e. The van der Waals surface area contributed by atoms with Crippen molar-refractivity contribution >= 4 is 32.4 Å². The molecule has 0 fully saturated rings. The van der Waals surface area contributed by atoms with Crippen LogP contribution in [0.5, 0.6) is 11.5 Å². The number of hydrogen-bond acceptors (Lipinski definition) is 7. The lowest BCUT2D eigenvalue weighted by molar-refractivity contribution is 0.102. The number of thiazole rings is 1. The Labute approximate surface area is 184 Å². The number of fused-ring (bicyclic) bond motifs is 1. The molecule has 4 rings (SSSR count). The number of sulfonamides is 1. The number of nitrogens with one attached hydrogen (secondary N) is 2. The molecule has 1 aromatic heterocycles. The van der Waals surface area contributed by atoms with E-state index in [1.54, 1.807) is 19.9 Å². The van der Waals surface area contributed by atoms with Crippen LogP contribution in [0.1, 0.15) is 22.8 Å². The van der Waals surface area contributed by atoms with Crippen LogP contribution < -0.4 is 19.5 Å². The van der Waals surface area contributed by atoms with E-state index < -0.39 is 15.9 Å². The van der Waals surface area contributed by atoms with E-state index in [4.69, 9.17) is 9.47 Å². The Morgan fingerprint density at radius 3 is 2.68 bits per heavy atom. The van der Waals surface area contributed by atoms with Crippen LogP contribution in [0.2, 0.25) is 0 Å². The molecule has 31 heavy (non-hydrogen) atoms. The molecule has 2 heterocycles. The molecule has 8 nitrogen and oxygen atoms in total. The van der Waals surface area contributed by atoms with Crippen molar-refractivity contribution in [2.45, 2.75) is 18.7 Å². The molecule has 0 radical (unpaired) electrons. The van der Waals surface area contributed by atoms with Gasteiger partial charge in [-0.1, -0.05) is 13.0 Å². The Morgan fingerprint density at radius 2 is 1.90 bits per heavy atom. The minimum absolute atomic E-state index is 0.0428. The van der Waals surface area contributed by atoms with Gasteiger partial charge in [0.2, 0.25) is 10.0 Å². The van der Waals surface area contributed by atoms with Gasteiger partial charge in [0.1, 0.15) is 13.2 Å². The van der Waals surface area contributed by atoms with Crippen molar-refractivity contribution in [2.75, 3.05) is 25.1 Å². The normalized spacial score (nSPS) is 13.1. The standard InChI is InChI=1S/C21H21N3O5S2/c1-3-22-31(26,27)15-6-4-13(2)16(11-15)20(25)24-21-23-17(12-30-21)14-5-7-18-19(10-14)29-9-8-28-18/h4-7,10-12,22H,3,8-9H2,1-2H3,(H,23,24,25). The Balaban J connectivity index is 1.55. The predicted molar refractivity (Wildman–Crippen MR) is 119 cm³/mol. The number of carbonyl (C=O) groups excluding carboxylic acids is 1. The van der Waals surface area contributed by atoms with Crippen LogP contribution in [-0.4, -0.2) is 39.1 Å². The van der Waals surface area contributed by atoms with Crippen molar-refractivity contribution in [1.82, 2.24) is 9.71 Å². The van der Waals surface area contributed by atoms with Crippen molar-refractivity contribution in [3.05, 3.63) is 52.9 Å². The first-order valence-corrected chi connectivity index (χ1v) is 12.0. The van der Waals surface area contributed by atoms with Crippen molar-refractivity contribution in [2.24, 2.45) is 0 Å². The summed E-state index contributed by atoms with van der Waals surface area (Å²) in [5.41, 5.74) is 2.47. The number of amides is 1. The molecular formula is C21H21N3O5S2. The van der Waals surface area contributed by atoms with Gasteiger partial charge >= 0.3 is 0 Å². The number of rotatable bonds is 6. The average molecular weight is 460 g/mol. The lowest BCUT2D eigenvalue weighted by atomic mass is 10.1. The maximum atomic E-state index is 12.8. The highest BCUT2D eigenvalue weighted by molar-refractivity contribution is 7.89. The predicted octanol–water partition coefficient (Wildman–Crippen LogP) is 3.44. The molecule has 162 valence electrons. The molecular weight excluding hydrogens is 438 g/mol. The summed E-state index contributed by atoms with van der Waals surface area (Å²) in [6, 6.07) is 10.0. The number of aryl methyl sites for hydroxylation is 1. The SMILES string of the molecule is CCNS(=O)(=O)c1ccc(C)c(C(=O)Nc2nc(-c3ccc4c(c3)OCCO4)cs2)c1. The first-order chi connectivity index (χ1) is 14.9. The number of anilines is 1. The third kappa shape index (κ3) is 4.55. The molecule has 0 unspecified atom stereocenters. The summed E-state index contributed by atoms with van der Waals surface area (Å²) >= 11 is 1.28. The lowest BCUT2D eigenvalue weighted by Gasteiger charge is -2.18. The van der Waals surface area contributed by atoms with Crippen LogP contribution >= 0.6 is 11.3 Å². The van der Waals surface area contributed by atoms with Crippen LogP contribution in [0.4, 0.5) is 5.13 Å². The van der Waals surface area contributed by atoms with Gasteiger partial charge in [-0.3, -0.25) is 10.1 Å². The van der Waals surface area contributed by atoms with Crippen LogP contribution in [0.15, 0.2) is 46.7 Å². The van der Waals surface area contributed by atoms with Crippen LogP contribution in [0, 0.1) is 6.92 Å². The fourth-order valence-electron chi connectivity index (χ4n) is 3.12. The third-order valence-electron chi connectivity index (χ3n) is 4.66. The Morgan fingerprint density at radius 1 is 1.13 bits per heavy atom. The second-order valence-electron chi connectivity index (χ2n) is 6.83. The second kappa shape index (κ2) is 8.66. The van der Waals surface area contributed by atoms with E-state index in [2.05, 4.69) is 15.0 Å². The number of benzene rings is 2. The van der Waals surface area contributed by atoms with Crippen molar-refractivity contribution < 1.29 is 22.7 Å². The molecule has 0 bridgehead atoms. The maximum absolute atomic E-state index is 12.8. The molecule has 0 spiro atoms. The molecule has 1 aliphatic rings. The molecule has 1 amide bonds. The number of carbonyl (C=O) groups is 1. The van der Waals surface area contributed by atoms with Gasteiger partial charge < -0.3 is 9.47 Å². The van der Waals surface area contributed by atoms with Gasteiger partial charge in [0.15, 0.2) is 16.6 Å². The van der Waals surface area contributed by atoms with Gasteiger partial charge in [0, 0.05) is 23.1 Å². The summed E-state index contributed by atoms with van der Waals surface area (Å²) in [7, 11) is -3.66. The molecule has 3 aromatic rings. The first kappa shape index (κ1) is 21.3. The summed E-state index contributed by atoms with van der Waals surface area (Å²) in [5.74, 6) is 0.937. The fraction of sp³-hybridized carbons (Fsp3) is 0.238. The van der Waals surface area contributed by atoms with Crippen LogP contribution in [0.3, 0.4) is 0 Å². The van der Waals surface area contributed by atoms with Crippen molar-refractivity contribution in [1.29, 1.82) is 0 Å². The van der Waals surface area contributed by atoms with Gasteiger partial charge in [-0.25, -0.2) is 18.1 Å². The first-order valence-electron chi connectivity index (χ1n) is 9.64. The van der Waals surface area contributed by atoms with Gasteiger partial charge in [-0.2, -0.15) is 0 Å². The highest BCUT2D eigenvalue weighted by atomic mass is 32.2. The highest BCUT2D eigenvalue weighted by Crippen LogP contribution is 2.35. The van der Waals surface area contributed by atoms with Crippen molar-refractivity contribution in [3.8, 4) is 22.8 Å². The van der Waals surface area contributed by atoms with Gasteiger partial charge in [-0.05, 0) is 42.8 Å². The molecule has 10 heteroatoms. The Hall–Kier alpha value is -2.95. The van der Waals surface area contributed by atoms with Crippen LogP contribution in [-0.2, 0) is 10.0 Å². The van der Waals surface area contributed by atoms with Gasteiger partial charge in [0.05, 0.1) is 10.6 Å². The fourth-order valence-corrected chi connectivity index (χ4v) is 4.90. The summed E-state index contributed by atoms with van der Waals surface area (Å²) in [4.78, 5) is 17.3. The quantitative estimate of drug-likeness (QED) is 0.585. The summed E-state index contributed by atoms with van der Waals surface area (Å²) in [6.07, 6.45) is 0.